The van der Waals surface area contributed by atoms with E-state index in [9.17, 15) is 9.59 Å². The van der Waals surface area contributed by atoms with Gasteiger partial charge in [-0.3, -0.25) is 9.59 Å². The van der Waals surface area contributed by atoms with E-state index in [1.807, 2.05) is 80.6 Å². The maximum atomic E-state index is 13.7. The highest BCUT2D eigenvalue weighted by atomic mass is 16.5. The molecular formula is C29H27NO5. The number of carbonyl (C=O) groups is 1. The van der Waals surface area contributed by atoms with Gasteiger partial charge in [-0.2, -0.15) is 0 Å². The number of aryl methyl sites for hydroxylation is 2. The molecule has 0 aliphatic carbocycles. The molecule has 1 aliphatic heterocycles. The first kappa shape index (κ1) is 22.9. The highest BCUT2D eigenvalue weighted by molar-refractivity contribution is 5.99. The molecule has 5 rings (SSSR count). The summed E-state index contributed by atoms with van der Waals surface area (Å²) >= 11 is 0. The average molecular weight is 470 g/mol. The molecule has 0 saturated heterocycles. The van der Waals surface area contributed by atoms with Gasteiger partial charge in [0.1, 0.15) is 17.9 Å². The zero-order valence-electron chi connectivity index (χ0n) is 20.0. The van der Waals surface area contributed by atoms with Crippen LogP contribution in [0.5, 0.6) is 5.75 Å². The van der Waals surface area contributed by atoms with Gasteiger partial charge in [0.25, 0.3) is 5.91 Å². The zero-order valence-corrected chi connectivity index (χ0v) is 20.0. The summed E-state index contributed by atoms with van der Waals surface area (Å²) in [5.41, 5.74) is 4.45. The van der Waals surface area contributed by atoms with Gasteiger partial charge < -0.3 is 18.8 Å². The first-order valence-corrected chi connectivity index (χ1v) is 11.6. The summed E-state index contributed by atoms with van der Waals surface area (Å²) in [4.78, 5) is 28.8. The van der Waals surface area contributed by atoms with Gasteiger partial charge in [0.2, 0.25) is 5.76 Å². The number of fused-ring (bicyclic) bond motifs is 2. The molecule has 0 saturated carbocycles. The Labute approximate surface area is 203 Å². The molecule has 4 aromatic rings. The van der Waals surface area contributed by atoms with Crippen LogP contribution in [-0.4, -0.2) is 31.1 Å². The van der Waals surface area contributed by atoms with E-state index in [-0.39, 0.29) is 17.1 Å². The van der Waals surface area contributed by atoms with Crippen molar-refractivity contribution in [2.45, 2.75) is 26.5 Å². The van der Waals surface area contributed by atoms with Gasteiger partial charge >= 0.3 is 0 Å². The number of carbonyl (C=O) groups excluding carboxylic acids is 1. The number of methoxy groups -OCH3 is 1. The summed E-state index contributed by atoms with van der Waals surface area (Å²) < 4.78 is 17.3. The van der Waals surface area contributed by atoms with Gasteiger partial charge in [0.15, 0.2) is 5.43 Å². The van der Waals surface area contributed by atoms with Crippen molar-refractivity contribution in [3.05, 3.63) is 111 Å². The highest BCUT2D eigenvalue weighted by Gasteiger charge is 2.42. The molecular weight excluding hydrogens is 442 g/mol. The van der Waals surface area contributed by atoms with Crippen LogP contribution >= 0.6 is 0 Å². The summed E-state index contributed by atoms with van der Waals surface area (Å²) in [6.45, 7) is 5.00. The van der Waals surface area contributed by atoms with Crippen LogP contribution < -0.4 is 10.2 Å². The van der Waals surface area contributed by atoms with Gasteiger partial charge in [0.05, 0.1) is 23.6 Å². The summed E-state index contributed by atoms with van der Waals surface area (Å²) in [5.74, 6) is 0.452. The Kier molecular flexibility index (Phi) is 6.14. The van der Waals surface area contributed by atoms with E-state index in [1.54, 1.807) is 12.0 Å². The fourth-order valence-corrected chi connectivity index (χ4v) is 4.56. The predicted octanol–water partition coefficient (Wildman–Crippen LogP) is 5.18. The number of nitrogens with zero attached hydrogens (tertiary/aromatic N) is 1. The molecule has 6 nitrogen and oxygen atoms in total. The fraction of sp³-hybridized carbons (Fsp3) is 0.241. The molecule has 0 radical (unpaired) electrons. The lowest BCUT2D eigenvalue weighted by molar-refractivity contribution is 0.0663. The van der Waals surface area contributed by atoms with E-state index in [0.717, 1.165) is 22.3 Å². The minimum atomic E-state index is -0.588. The van der Waals surface area contributed by atoms with Crippen molar-refractivity contribution < 1.29 is 18.7 Å². The zero-order chi connectivity index (χ0) is 24.5. The molecule has 178 valence electrons. The monoisotopic (exact) mass is 469 g/mol. The SMILES string of the molecule is COCCN1C(=O)c2oc3cc(C)c(C)cc3c(=O)c2C1c1cccc(OCc2ccccc2)c1. The van der Waals surface area contributed by atoms with Crippen molar-refractivity contribution in [3.8, 4) is 5.75 Å². The molecule has 0 spiro atoms. The summed E-state index contributed by atoms with van der Waals surface area (Å²) in [5, 5.41) is 0.481. The van der Waals surface area contributed by atoms with Gasteiger partial charge in [-0.05, 0) is 60.4 Å². The van der Waals surface area contributed by atoms with E-state index in [1.165, 1.54) is 0 Å². The van der Waals surface area contributed by atoms with E-state index in [0.29, 0.717) is 42.0 Å². The van der Waals surface area contributed by atoms with Crippen LogP contribution in [0.15, 0.2) is 75.9 Å². The molecule has 2 heterocycles. The van der Waals surface area contributed by atoms with Crippen LogP contribution in [0, 0.1) is 13.8 Å². The normalized spacial score (nSPS) is 15.0. The van der Waals surface area contributed by atoms with Crippen molar-refractivity contribution >= 4 is 16.9 Å². The molecule has 0 bridgehead atoms. The molecule has 35 heavy (non-hydrogen) atoms. The van der Waals surface area contributed by atoms with Gasteiger partial charge in [-0.1, -0.05) is 42.5 Å². The van der Waals surface area contributed by atoms with Crippen molar-refractivity contribution in [1.29, 1.82) is 0 Å². The third-order valence-electron chi connectivity index (χ3n) is 6.54. The van der Waals surface area contributed by atoms with Crippen LogP contribution in [0.25, 0.3) is 11.0 Å². The van der Waals surface area contributed by atoms with Gasteiger partial charge in [0, 0.05) is 13.7 Å². The van der Waals surface area contributed by atoms with Crippen LogP contribution in [0.1, 0.15) is 44.4 Å². The molecule has 6 heteroatoms. The van der Waals surface area contributed by atoms with Crippen molar-refractivity contribution in [2.24, 2.45) is 0 Å². The largest absolute Gasteiger partial charge is 0.489 e. The molecule has 1 amide bonds. The number of rotatable bonds is 7. The van der Waals surface area contributed by atoms with Crippen molar-refractivity contribution in [1.82, 2.24) is 4.90 Å². The molecule has 3 aromatic carbocycles. The number of hydrogen-bond acceptors (Lipinski definition) is 5. The topological polar surface area (TPSA) is 69.0 Å². The Morgan fingerprint density at radius 1 is 0.943 bits per heavy atom. The van der Waals surface area contributed by atoms with Crippen LogP contribution in [0.4, 0.5) is 0 Å². The smallest absolute Gasteiger partial charge is 0.290 e. The van der Waals surface area contributed by atoms with E-state index < -0.39 is 6.04 Å². The molecule has 0 fully saturated rings. The van der Waals surface area contributed by atoms with E-state index in [4.69, 9.17) is 13.9 Å². The Hall–Kier alpha value is -3.90. The lowest BCUT2D eigenvalue weighted by Crippen LogP contribution is -2.32. The second-order valence-corrected chi connectivity index (χ2v) is 8.85. The molecule has 1 atom stereocenters. The number of ether oxygens (including phenoxy) is 2. The Balaban J connectivity index is 1.59. The molecule has 1 aliphatic rings. The lowest BCUT2D eigenvalue weighted by atomic mass is 9.97. The van der Waals surface area contributed by atoms with Gasteiger partial charge in [-0.15, -0.1) is 0 Å². The molecule has 1 aromatic heterocycles. The number of benzene rings is 3. The third-order valence-corrected chi connectivity index (χ3v) is 6.54. The first-order chi connectivity index (χ1) is 17.0. The summed E-state index contributed by atoms with van der Waals surface area (Å²) in [6.07, 6.45) is 0. The Bertz CT molecular complexity index is 1460. The second kappa shape index (κ2) is 9.39. The standard InChI is InChI=1S/C29H27NO5/c1-18-14-23-24(15-19(18)2)35-28-25(27(23)31)26(30(29(28)32)12-13-33-3)21-10-7-11-22(16-21)34-17-20-8-5-4-6-9-20/h4-11,14-16,26H,12-13,17H2,1-3H3. The average Bonchev–Trinajstić information content (AvgIpc) is 3.15. The Morgan fingerprint density at radius 3 is 2.49 bits per heavy atom. The molecule has 0 N–H and O–H groups in total. The van der Waals surface area contributed by atoms with Gasteiger partial charge in [-0.25, -0.2) is 0 Å². The highest BCUT2D eigenvalue weighted by Crippen LogP contribution is 2.39. The maximum absolute atomic E-state index is 13.7. The summed E-state index contributed by atoms with van der Waals surface area (Å²) in [6, 6.07) is 20.5. The van der Waals surface area contributed by atoms with Crippen LogP contribution in [0.3, 0.4) is 0 Å². The van der Waals surface area contributed by atoms with E-state index >= 15 is 0 Å². The third kappa shape index (κ3) is 4.21. The van der Waals surface area contributed by atoms with Crippen LogP contribution in [0.2, 0.25) is 0 Å². The van der Waals surface area contributed by atoms with Crippen LogP contribution in [-0.2, 0) is 11.3 Å². The van der Waals surface area contributed by atoms with Crippen molar-refractivity contribution in [3.63, 3.8) is 0 Å². The van der Waals surface area contributed by atoms with E-state index in [2.05, 4.69) is 0 Å². The fourth-order valence-electron chi connectivity index (χ4n) is 4.56. The quantitative estimate of drug-likeness (QED) is 0.373. The number of hydrogen-bond donors (Lipinski definition) is 0. The lowest BCUT2D eigenvalue weighted by Gasteiger charge is -2.25. The maximum Gasteiger partial charge on any atom is 0.290 e. The summed E-state index contributed by atoms with van der Waals surface area (Å²) in [7, 11) is 1.59. The number of amides is 1. The minimum Gasteiger partial charge on any atom is -0.489 e. The Morgan fingerprint density at radius 2 is 1.71 bits per heavy atom. The minimum absolute atomic E-state index is 0.0995. The van der Waals surface area contributed by atoms with Crippen molar-refractivity contribution in [2.75, 3.05) is 20.3 Å². The second-order valence-electron chi connectivity index (χ2n) is 8.85. The first-order valence-electron chi connectivity index (χ1n) is 11.6. The molecule has 1 unspecified atom stereocenters. The predicted molar refractivity (Wildman–Crippen MR) is 134 cm³/mol.